The third-order valence-corrected chi connectivity index (χ3v) is 4.22. The van der Waals surface area contributed by atoms with Gasteiger partial charge in [-0.25, -0.2) is 0 Å². The summed E-state index contributed by atoms with van der Waals surface area (Å²) in [7, 11) is 0. The van der Waals surface area contributed by atoms with Gasteiger partial charge < -0.3 is 9.84 Å². The second-order valence-electron chi connectivity index (χ2n) is 5.20. The van der Waals surface area contributed by atoms with Gasteiger partial charge in [0.2, 0.25) is 0 Å². The molecule has 2 aromatic carbocycles. The van der Waals surface area contributed by atoms with Crippen molar-refractivity contribution in [1.82, 2.24) is 10.5 Å². The van der Waals surface area contributed by atoms with E-state index in [2.05, 4.69) is 10.5 Å². The summed E-state index contributed by atoms with van der Waals surface area (Å²) in [6.07, 6.45) is 0.645. The molecular formula is C18H14Cl2N2O2. The van der Waals surface area contributed by atoms with Crippen LogP contribution in [0.4, 0.5) is 0 Å². The first kappa shape index (κ1) is 16.6. The van der Waals surface area contributed by atoms with Gasteiger partial charge in [-0.15, -0.1) is 0 Å². The summed E-state index contributed by atoms with van der Waals surface area (Å²) < 4.78 is 5.22. The molecule has 1 amide bonds. The van der Waals surface area contributed by atoms with E-state index in [0.29, 0.717) is 28.8 Å². The Morgan fingerprint density at radius 1 is 1.04 bits per heavy atom. The highest BCUT2D eigenvalue weighted by Crippen LogP contribution is 2.23. The average molecular weight is 361 g/mol. The summed E-state index contributed by atoms with van der Waals surface area (Å²) in [6, 6.07) is 16.5. The van der Waals surface area contributed by atoms with Crippen LogP contribution in [0.3, 0.4) is 0 Å². The van der Waals surface area contributed by atoms with Gasteiger partial charge in [0.25, 0.3) is 5.91 Å². The van der Waals surface area contributed by atoms with Crippen LogP contribution in [0.2, 0.25) is 10.0 Å². The Hall–Kier alpha value is -2.30. The molecule has 0 bridgehead atoms. The van der Waals surface area contributed by atoms with Crippen LogP contribution < -0.4 is 5.32 Å². The number of rotatable bonds is 5. The molecule has 0 aliphatic carbocycles. The van der Waals surface area contributed by atoms with Gasteiger partial charge in [0.15, 0.2) is 11.5 Å². The SMILES string of the molecule is O=C(NCCc1ccc(Cl)c(Cl)c1)c1cc(-c2ccccc2)on1. The maximum absolute atomic E-state index is 12.1. The number of carbonyl (C=O) groups excluding carboxylic acids is 1. The molecule has 1 N–H and O–H groups in total. The number of nitrogens with zero attached hydrogens (tertiary/aromatic N) is 1. The number of nitrogens with one attached hydrogen (secondary N) is 1. The van der Waals surface area contributed by atoms with Gasteiger partial charge in [0.1, 0.15) is 0 Å². The molecule has 0 fully saturated rings. The van der Waals surface area contributed by atoms with Gasteiger partial charge in [-0.2, -0.15) is 0 Å². The lowest BCUT2D eigenvalue weighted by Crippen LogP contribution is -2.25. The number of hydrogen-bond acceptors (Lipinski definition) is 3. The van der Waals surface area contributed by atoms with E-state index in [9.17, 15) is 4.79 Å². The predicted molar refractivity (Wildman–Crippen MR) is 94.4 cm³/mol. The minimum Gasteiger partial charge on any atom is -0.355 e. The molecule has 1 heterocycles. The van der Waals surface area contributed by atoms with Crippen molar-refractivity contribution < 1.29 is 9.32 Å². The Morgan fingerprint density at radius 3 is 2.58 bits per heavy atom. The Labute approximate surface area is 149 Å². The van der Waals surface area contributed by atoms with E-state index in [1.807, 2.05) is 36.4 Å². The Morgan fingerprint density at radius 2 is 1.83 bits per heavy atom. The van der Waals surface area contributed by atoms with Crippen molar-refractivity contribution in [3.05, 3.63) is 75.9 Å². The van der Waals surface area contributed by atoms with Crippen LogP contribution in [-0.4, -0.2) is 17.6 Å². The summed E-state index contributed by atoms with van der Waals surface area (Å²) in [5.74, 6) is 0.284. The monoisotopic (exact) mass is 360 g/mol. The van der Waals surface area contributed by atoms with Crippen molar-refractivity contribution in [1.29, 1.82) is 0 Å². The zero-order valence-electron chi connectivity index (χ0n) is 12.6. The molecule has 0 aliphatic rings. The number of amides is 1. The molecule has 0 saturated heterocycles. The molecule has 6 heteroatoms. The standard InChI is InChI=1S/C18H14Cl2N2O2/c19-14-7-6-12(10-15(14)20)8-9-21-18(23)16-11-17(24-22-16)13-4-2-1-3-5-13/h1-7,10-11H,8-9H2,(H,21,23). The van der Waals surface area contributed by atoms with Crippen molar-refractivity contribution in [2.45, 2.75) is 6.42 Å². The fourth-order valence-corrected chi connectivity index (χ4v) is 2.55. The fourth-order valence-electron chi connectivity index (χ4n) is 2.23. The first-order chi connectivity index (χ1) is 11.6. The fraction of sp³-hybridized carbons (Fsp3) is 0.111. The molecular weight excluding hydrogens is 347 g/mol. The van der Waals surface area contributed by atoms with E-state index in [4.69, 9.17) is 27.7 Å². The van der Waals surface area contributed by atoms with Crippen LogP contribution in [0.1, 0.15) is 16.1 Å². The van der Waals surface area contributed by atoms with Crippen LogP contribution in [0, 0.1) is 0 Å². The normalized spacial score (nSPS) is 10.6. The predicted octanol–water partition coefficient (Wildman–Crippen LogP) is 4.62. The molecule has 3 rings (SSSR count). The Bertz CT molecular complexity index is 847. The Kier molecular flexibility index (Phi) is 5.18. The first-order valence-corrected chi connectivity index (χ1v) is 8.13. The van der Waals surface area contributed by atoms with Gasteiger partial charge in [-0.3, -0.25) is 4.79 Å². The second kappa shape index (κ2) is 7.51. The zero-order chi connectivity index (χ0) is 16.9. The average Bonchev–Trinajstić information content (AvgIpc) is 3.09. The molecule has 122 valence electrons. The van der Waals surface area contributed by atoms with Crippen molar-refractivity contribution in [2.75, 3.05) is 6.54 Å². The lowest BCUT2D eigenvalue weighted by Gasteiger charge is -2.04. The molecule has 1 aromatic heterocycles. The van der Waals surface area contributed by atoms with E-state index < -0.39 is 0 Å². The highest BCUT2D eigenvalue weighted by atomic mass is 35.5. The maximum Gasteiger partial charge on any atom is 0.273 e. The minimum atomic E-state index is -0.277. The Balaban J connectivity index is 1.57. The summed E-state index contributed by atoms with van der Waals surface area (Å²) in [6.45, 7) is 0.463. The van der Waals surface area contributed by atoms with Crippen LogP contribution in [-0.2, 0) is 6.42 Å². The first-order valence-electron chi connectivity index (χ1n) is 7.38. The third kappa shape index (κ3) is 3.96. The van der Waals surface area contributed by atoms with Crippen molar-refractivity contribution in [3.63, 3.8) is 0 Å². The van der Waals surface area contributed by atoms with Crippen molar-refractivity contribution >= 4 is 29.1 Å². The smallest absolute Gasteiger partial charge is 0.273 e. The molecule has 0 saturated carbocycles. The van der Waals surface area contributed by atoms with Crippen molar-refractivity contribution in [3.8, 4) is 11.3 Å². The zero-order valence-corrected chi connectivity index (χ0v) is 14.1. The molecule has 0 aliphatic heterocycles. The highest BCUT2D eigenvalue weighted by molar-refractivity contribution is 6.42. The summed E-state index contributed by atoms with van der Waals surface area (Å²) in [5, 5.41) is 7.65. The third-order valence-electron chi connectivity index (χ3n) is 3.48. The number of benzene rings is 2. The summed E-state index contributed by atoms with van der Waals surface area (Å²) in [4.78, 5) is 12.1. The second-order valence-corrected chi connectivity index (χ2v) is 6.01. The van der Waals surface area contributed by atoms with E-state index >= 15 is 0 Å². The van der Waals surface area contributed by atoms with Crippen LogP contribution in [0.25, 0.3) is 11.3 Å². The van der Waals surface area contributed by atoms with E-state index in [-0.39, 0.29) is 11.6 Å². The van der Waals surface area contributed by atoms with E-state index in [0.717, 1.165) is 11.1 Å². The summed E-state index contributed by atoms with van der Waals surface area (Å²) in [5.41, 5.74) is 2.12. The van der Waals surface area contributed by atoms with Crippen LogP contribution >= 0.6 is 23.2 Å². The van der Waals surface area contributed by atoms with Gasteiger partial charge in [-0.05, 0) is 24.1 Å². The molecule has 0 atom stereocenters. The van der Waals surface area contributed by atoms with Gasteiger partial charge in [0.05, 0.1) is 10.0 Å². The lowest BCUT2D eigenvalue weighted by molar-refractivity contribution is 0.0945. The van der Waals surface area contributed by atoms with Crippen LogP contribution in [0.5, 0.6) is 0 Å². The molecule has 24 heavy (non-hydrogen) atoms. The summed E-state index contributed by atoms with van der Waals surface area (Å²) >= 11 is 11.8. The van der Waals surface area contributed by atoms with Gasteiger partial charge in [0, 0.05) is 18.2 Å². The van der Waals surface area contributed by atoms with Crippen molar-refractivity contribution in [2.24, 2.45) is 0 Å². The number of aromatic nitrogens is 1. The molecule has 0 unspecified atom stereocenters. The van der Waals surface area contributed by atoms with Gasteiger partial charge >= 0.3 is 0 Å². The van der Waals surface area contributed by atoms with Crippen LogP contribution in [0.15, 0.2) is 59.1 Å². The van der Waals surface area contributed by atoms with Gasteiger partial charge in [-0.1, -0.05) is 64.8 Å². The number of hydrogen-bond donors (Lipinski definition) is 1. The topological polar surface area (TPSA) is 55.1 Å². The number of carbonyl (C=O) groups is 1. The molecule has 0 radical (unpaired) electrons. The largest absolute Gasteiger partial charge is 0.355 e. The minimum absolute atomic E-state index is 0.253. The highest BCUT2D eigenvalue weighted by Gasteiger charge is 2.13. The quantitative estimate of drug-likeness (QED) is 0.721. The molecule has 3 aromatic rings. The van der Waals surface area contributed by atoms with E-state index in [1.54, 1.807) is 18.2 Å². The molecule has 4 nitrogen and oxygen atoms in total. The van der Waals surface area contributed by atoms with E-state index in [1.165, 1.54) is 0 Å². The molecule has 0 spiro atoms. The number of halogens is 2. The lowest BCUT2D eigenvalue weighted by atomic mass is 10.1. The maximum atomic E-state index is 12.1.